The lowest BCUT2D eigenvalue weighted by Gasteiger charge is -2.25. The van der Waals surface area contributed by atoms with Gasteiger partial charge in [0.15, 0.2) is 0 Å². The topological polar surface area (TPSA) is 96.2 Å². The van der Waals surface area contributed by atoms with E-state index in [2.05, 4.69) is 0 Å². The van der Waals surface area contributed by atoms with Gasteiger partial charge in [0.25, 0.3) is 0 Å². The van der Waals surface area contributed by atoms with Gasteiger partial charge in [-0.2, -0.15) is 0 Å². The van der Waals surface area contributed by atoms with Crippen LogP contribution in [0, 0.1) is 0 Å². The lowest BCUT2D eigenvalue weighted by atomic mass is 9.81. The van der Waals surface area contributed by atoms with Crippen molar-refractivity contribution in [3.63, 3.8) is 0 Å². The highest BCUT2D eigenvalue weighted by atomic mass is 16.5. The van der Waals surface area contributed by atoms with Crippen molar-refractivity contribution in [1.82, 2.24) is 0 Å². The first-order chi connectivity index (χ1) is 18.5. The number of carbonyl (C=O) groups is 1. The highest BCUT2D eigenvalue weighted by molar-refractivity contribution is 5.90. The van der Waals surface area contributed by atoms with Crippen molar-refractivity contribution in [3.8, 4) is 34.5 Å². The van der Waals surface area contributed by atoms with E-state index in [1.54, 1.807) is 60.7 Å². The molecule has 0 unspecified atom stereocenters. The van der Waals surface area contributed by atoms with Crippen LogP contribution in [0.4, 0.5) is 0 Å². The fourth-order valence-corrected chi connectivity index (χ4v) is 4.38. The number of aromatic hydroxyl groups is 2. The molecule has 5 aromatic carbocycles. The van der Waals surface area contributed by atoms with E-state index in [9.17, 15) is 20.1 Å². The predicted octanol–water partition coefficient (Wildman–Crippen LogP) is 7.56. The molecule has 0 aliphatic heterocycles. The van der Waals surface area contributed by atoms with E-state index in [0.29, 0.717) is 39.7 Å². The summed E-state index contributed by atoms with van der Waals surface area (Å²) < 4.78 is 12.4. The Bertz CT molecular complexity index is 1470. The van der Waals surface area contributed by atoms with Gasteiger partial charge in [0.05, 0.1) is 5.56 Å². The molecule has 0 aliphatic rings. The molecule has 0 heterocycles. The van der Waals surface area contributed by atoms with Gasteiger partial charge < -0.3 is 24.8 Å². The monoisotopic (exact) mass is 504 g/mol. The van der Waals surface area contributed by atoms with Crippen molar-refractivity contribution in [2.24, 2.45) is 0 Å². The van der Waals surface area contributed by atoms with Gasteiger partial charge in [0.1, 0.15) is 34.5 Å². The largest absolute Gasteiger partial charge is 0.508 e. The van der Waals surface area contributed by atoms with Gasteiger partial charge >= 0.3 is 5.97 Å². The Hall–Kier alpha value is -5.23. The lowest BCUT2D eigenvalue weighted by Crippen LogP contribution is -2.12. The summed E-state index contributed by atoms with van der Waals surface area (Å²) in [6.07, 6.45) is 0. The Kier molecular flexibility index (Phi) is 6.95. The number of aromatic carboxylic acids is 1. The SMILES string of the molecule is O=C(O)c1ccccc1C(c1ccc(O)cc1Oc1ccccc1)c1ccc(O)cc1Oc1ccccc1. The van der Waals surface area contributed by atoms with Crippen molar-refractivity contribution in [3.05, 3.63) is 144 Å². The Morgan fingerprint density at radius 2 is 1.00 bits per heavy atom. The van der Waals surface area contributed by atoms with Crippen molar-refractivity contribution in [2.45, 2.75) is 5.92 Å². The average Bonchev–Trinajstić information content (AvgIpc) is 2.92. The highest BCUT2D eigenvalue weighted by Gasteiger charge is 2.28. The van der Waals surface area contributed by atoms with Gasteiger partial charge in [-0.3, -0.25) is 0 Å². The molecular weight excluding hydrogens is 480 g/mol. The minimum atomic E-state index is -1.08. The number of hydrogen-bond donors (Lipinski definition) is 3. The van der Waals surface area contributed by atoms with Crippen molar-refractivity contribution >= 4 is 5.97 Å². The van der Waals surface area contributed by atoms with Crippen LogP contribution in [0.1, 0.15) is 33.0 Å². The maximum atomic E-state index is 12.3. The highest BCUT2D eigenvalue weighted by Crippen LogP contribution is 2.45. The second-order valence-corrected chi connectivity index (χ2v) is 8.60. The number of hydrogen-bond acceptors (Lipinski definition) is 5. The molecule has 3 N–H and O–H groups in total. The molecule has 0 radical (unpaired) electrons. The first kappa shape index (κ1) is 24.5. The van der Waals surface area contributed by atoms with Gasteiger partial charge in [-0.05, 0) is 48.0 Å². The van der Waals surface area contributed by atoms with E-state index >= 15 is 0 Å². The first-order valence-corrected chi connectivity index (χ1v) is 11.9. The summed E-state index contributed by atoms with van der Waals surface area (Å²) in [7, 11) is 0. The molecule has 0 aliphatic carbocycles. The second kappa shape index (κ2) is 10.8. The summed E-state index contributed by atoms with van der Waals surface area (Å²) in [5.74, 6) is 0.0143. The molecule has 0 saturated heterocycles. The molecular formula is C32H24O6. The summed E-state index contributed by atoms with van der Waals surface area (Å²) in [5.41, 5.74) is 1.80. The fourth-order valence-electron chi connectivity index (χ4n) is 4.38. The van der Waals surface area contributed by atoms with Crippen molar-refractivity contribution in [2.75, 3.05) is 0 Å². The molecule has 5 rings (SSSR count). The number of rotatable bonds is 8. The minimum Gasteiger partial charge on any atom is -0.508 e. The quantitative estimate of drug-likeness (QED) is 0.189. The van der Waals surface area contributed by atoms with Crippen LogP contribution < -0.4 is 9.47 Å². The third-order valence-electron chi connectivity index (χ3n) is 6.06. The molecule has 0 aromatic heterocycles. The van der Waals surface area contributed by atoms with E-state index in [1.165, 1.54) is 24.3 Å². The Morgan fingerprint density at radius 1 is 0.553 bits per heavy atom. The number of ether oxygens (including phenoxy) is 2. The standard InChI is InChI=1S/C32H24O6/c33-21-15-17-27(29(19-21)37-23-9-3-1-4-10-23)31(25-13-7-8-14-26(25)32(35)36)28-18-16-22(34)20-30(28)38-24-11-5-2-6-12-24/h1-20,31,33-34H,(H,35,36). The van der Waals surface area contributed by atoms with Gasteiger partial charge in [0, 0.05) is 29.2 Å². The fraction of sp³-hybridized carbons (Fsp3) is 0.0312. The van der Waals surface area contributed by atoms with E-state index in [1.807, 2.05) is 36.4 Å². The van der Waals surface area contributed by atoms with E-state index in [-0.39, 0.29) is 17.1 Å². The van der Waals surface area contributed by atoms with E-state index < -0.39 is 11.9 Å². The molecule has 0 atom stereocenters. The number of carboxylic acid groups (broad SMARTS) is 1. The number of phenols is 2. The summed E-state index contributed by atoms with van der Waals surface area (Å²) in [4.78, 5) is 12.3. The van der Waals surface area contributed by atoms with Gasteiger partial charge in [0.2, 0.25) is 0 Å². The maximum absolute atomic E-state index is 12.3. The minimum absolute atomic E-state index is 0.00332. The molecule has 0 bridgehead atoms. The van der Waals surface area contributed by atoms with Crippen molar-refractivity contribution in [1.29, 1.82) is 0 Å². The number of para-hydroxylation sites is 2. The van der Waals surface area contributed by atoms with Gasteiger partial charge in [-0.25, -0.2) is 4.79 Å². The summed E-state index contributed by atoms with van der Waals surface area (Å²) >= 11 is 0. The van der Waals surface area contributed by atoms with Crippen LogP contribution in [-0.2, 0) is 0 Å². The van der Waals surface area contributed by atoms with E-state index in [0.717, 1.165) is 0 Å². The van der Waals surface area contributed by atoms with E-state index in [4.69, 9.17) is 9.47 Å². The average molecular weight is 505 g/mol. The Labute approximate surface area is 219 Å². The summed E-state index contributed by atoms with van der Waals surface area (Å²) in [5, 5.41) is 30.7. The zero-order chi connectivity index (χ0) is 26.5. The van der Waals surface area contributed by atoms with Crippen LogP contribution in [0.3, 0.4) is 0 Å². The second-order valence-electron chi connectivity index (χ2n) is 8.60. The molecule has 188 valence electrons. The third kappa shape index (κ3) is 5.29. The Morgan fingerprint density at radius 3 is 1.47 bits per heavy atom. The zero-order valence-corrected chi connectivity index (χ0v) is 20.2. The van der Waals surface area contributed by atoms with Crippen LogP contribution in [0.15, 0.2) is 121 Å². The molecule has 6 heteroatoms. The lowest BCUT2D eigenvalue weighted by molar-refractivity contribution is 0.0695. The molecule has 38 heavy (non-hydrogen) atoms. The molecule has 0 amide bonds. The number of phenolic OH excluding ortho intramolecular Hbond substituents is 2. The summed E-state index contributed by atoms with van der Waals surface area (Å²) in [6.45, 7) is 0. The molecule has 0 saturated carbocycles. The molecule has 6 nitrogen and oxygen atoms in total. The first-order valence-electron chi connectivity index (χ1n) is 11.9. The maximum Gasteiger partial charge on any atom is 0.335 e. The zero-order valence-electron chi connectivity index (χ0n) is 20.2. The summed E-state index contributed by atoms with van der Waals surface area (Å²) in [6, 6.07) is 34.4. The van der Waals surface area contributed by atoms with Gasteiger partial charge in [-0.1, -0.05) is 66.7 Å². The smallest absolute Gasteiger partial charge is 0.335 e. The van der Waals surface area contributed by atoms with Crippen LogP contribution in [-0.4, -0.2) is 21.3 Å². The van der Waals surface area contributed by atoms with Crippen LogP contribution in [0.2, 0.25) is 0 Å². The van der Waals surface area contributed by atoms with Crippen LogP contribution >= 0.6 is 0 Å². The molecule has 0 spiro atoms. The molecule has 5 aromatic rings. The Balaban J connectivity index is 1.75. The van der Waals surface area contributed by atoms with Crippen molar-refractivity contribution < 1.29 is 29.6 Å². The predicted molar refractivity (Wildman–Crippen MR) is 144 cm³/mol. The van der Waals surface area contributed by atoms with Crippen LogP contribution in [0.25, 0.3) is 0 Å². The third-order valence-corrected chi connectivity index (χ3v) is 6.06. The van der Waals surface area contributed by atoms with Gasteiger partial charge in [-0.15, -0.1) is 0 Å². The van der Waals surface area contributed by atoms with Crippen LogP contribution in [0.5, 0.6) is 34.5 Å². The number of benzene rings is 5. The number of carboxylic acids is 1. The normalized spacial score (nSPS) is 10.8. The molecule has 0 fully saturated rings.